The Balaban J connectivity index is 2.67. The van der Waals surface area contributed by atoms with Crippen molar-refractivity contribution >= 4 is 15.2 Å². The molecule has 30 heavy (non-hydrogen) atoms. The summed E-state index contributed by atoms with van der Waals surface area (Å²) >= 11 is 0. The monoisotopic (exact) mass is 458 g/mol. The van der Waals surface area contributed by atoms with Gasteiger partial charge in [-0.2, -0.15) is 0 Å². The van der Waals surface area contributed by atoms with Crippen molar-refractivity contribution < 1.29 is 27.2 Å². The number of hydrogen-bond donors (Lipinski definition) is 1. The van der Waals surface area contributed by atoms with Crippen LogP contribution in [0.15, 0.2) is 42.7 Å². The molecule has 0 amide bonds. The van der Waals surface area contributed by atoms with Crippen LogP contribution < -0.4 is 0 Å². The number of H-pyrrole nitrogens is 1. The highest BCUT2D eigenvalue weighted by molar-refractivity contribution is 7.72. The molecule has 1 aromatic heterocycles. The Morgan fingerprint density at radius 3 is 1.77 bits per heavy atom. The van der Waals surface area contributed by atoms with Crippen LogP contribution >= 0.6 is 15.2 Å². The normalized spacial score (nSPS) is 13.6. The number of benzene rings is 1. The molecule has 2 rings (SSSR count). The molecule has 1 heterocycles. The van der Waals surface area contributed by atoms with Gasteiger partial charge in [0, 0.05) is 18.3 Å². The Bertz CT molecular complexity index is 781. The van der Waals surface area contributed by atoms with Crippen LogP contribution in [-0.2, 0) is 33.6 Å². The zero-order valence-electron chi connectivity index (χ0n) is 18.0. The van der Waals surface area contributed by atoms with Crippen LogP contribution in [0.3, 0.4) is 0 Å². The Morgan fingerprint density at radius 2 is 1.37 bits per heavy atom. The van der Waals surface area contributed by atoms with Crippen molar-refractivity contribution in [2.75, 3.05) is 26.4 Å². The molecule has 0 aliphatic carbocycles. The smallest absolute Gasteiger partial charge is 0.346 e. The van der Waals surface area contributed by atoms with E-state index in [9.17, 15) is 9.13 Å². The Morgan fingerprint density at radius 1 is 0.867 bits per heavy atom. The van der Waals surface area contributed by atoms with Gasteiger partial charge >= 0.3 is 15.2 Å². The molecule has 1 atom stereocenters. The quantitative estimate of drug-likeness (QED) is 0.368. The van der Waals surface area contributed by atoms with E-state index >= 15 is 0 Å². The van der Waals surface area contributed by atoms with Crippen molar-refractivity contribution in [2.45, 2.75) is 45.4 Å². The van der Waals surface area contributed by atoms with E-state index < -0.39 is 26.5 Å². The molecule has 0 radical (unpaired) electrons. The third kappa shape index (κ3) is 6.13. The van der Waals surface area contributed by atoms with E-state index in [-0.39, 0.29) is 26.4 Å². The lowest BCUT2D eigenvalue weighted by molar-refractivity contribution is 0.190. The van der Waals surface area contributed by atoms with E-state index in [0.717, 1.165) is 5.56 Å². The maximum Gasteiger partial charge on any atom is 0.346 e. The van der Waals surface area contributed by atoms with Crippen LogP contribution in [-0.4, -0.2) is 41.8 Å². The first-order chi connectivity index (χ1) is 14.4. The minimum Gasteiger partial charge on any atom is -0.348 e. The van der Waals surface area contributed by atoms with Crippen LogP contribution in [0.5, 0.6) is 0 Å². The summed E-state index contributed by atoms with van der Waals surface area (Å²) in [7, 11) is -7.84. The molecule has 1 aromatic carbocycles. The standard InChI is InChI=1S/C20H32N2O6P2/c1-5-25-29(23,26-6-2)20(30(24,27-7-3)28-8-4)18(19-21-14-15-22-19)16-17-12-10-9-11-13-17/h9-15,18,20H,5-8,16H2,1-4H3,(H,21,22). The molecule has 2 aromatic rings. The second-order valence-corrected chi connectivity index (χ2v) is 11.1. The minimum atomic E-state index is -3.92. The fourth-order valence-corrected chi connectivity index (χ4v) is 9.17. The predicted molar refractivity (Wildman–Crippen MR) is 117 cm³/mol. The lowest BCUT2D eigenvalue weighted by Gasteiger charge is -2.35. The summed E-state index contributed by atoms with van der Waals surface area (Å²) in [4.78, 5) is 7.46. The first-order valence-electron chi connectivity index (χ1n) is 10.2. The highest BCUT2D eigenvalue weighted by atomic mass is 31.2. The average molecular weight is 458 g/mol. The van der Waals surface area contributed by atoms with Crippen molar-refractivity contribution in [1.82, 2.24) is 9.97 Å². The first kappa shape index (κ1) is 25.0. The molecule has 0 aliphatic heterocycles. The highest BCUT2D eigenvalue weighted by Crippen LogP contribution is 2.74. The zero-order chi connectivity index (χ0) is 22.0. The molecule has 1 N–H and O–H groups in total. The number of imidazole rings is 1. The topological polar surface area (TPSA) is 99.7 Å². The molecule has 0 saturated carbocycles. The van der Waals surface area contributed by atoms with Crippen molar-refractivity contribution in [1.29, 1.82) is 0 Å². The van der Waals surface area contributed by atoms with Gasteiger partial charge in [0.15, 0.2) is 5.40 Å². The number of aromatic nitrogens is 2. The molecular weight excluding hydrogens is 426 g/mol. The molecule has 0 spiro atoms. The van der Waals surface area contributed by atoms with Gasteiger partial charge in [0.25, 0.3) is 0 Å². The molecule has 0 aliphatic rings. The van der Waals surface area contributed by atoms with Crippen LogP contribution in [0.1, 0.15) is 45.0 Å². The molecular formula is C20H32N2O6P2. The second-order valence-electron chi connectivity index (χ2n) is 6.44. The highest BCUT2D eigenvalue weighted by Gasteiger charge is 2.56. The van der Waals surface area contributed by atoms with Gasteiger partial charge in [0.1, 0.15) is 5.82 Å². The number of nitrogens with one attached hydrogen (secondary N) is 1. The van der Waals surface area contributed by atoms with Crippen LogP contribution in [0.2, 0.25) is 0 Å². The Hall–Kier alpha value is -1.27. The van der Waals surface area contributed by atoms with E-state index in [4.69, 9.17) is 18.1 Å². The molecule has 0 fully saturated rings. The number of hydrogen-bond acceptors (Lipinski definition) is 7. The van der Waals surface area contributed by atoms with Crippen LogP contribution in [0.4, 0.5) is 0 Å². The van der Waals surface area contributed by atoms with Crippen molar-refractivity contribution in [3.05, 3.63) is 54.1 Å². The summed E-state index contributed by atoms with van der Waals surface area (Å²) in [6.07, 6.45) is 3.67. The minimum absolute atomic E-state index is 0.127. The first-order valence-corrected chi connectivity index (χ1v) is 13.5. The SMILES string of the molecule is CCOP(=O)(OCC)C(C(Cc1ccccc1)c1ncc[nH]1)P(=O)(OCC)OCC. The van der Waals surface area contributed by atoms with Gasteiger partial charge in [-0.25, -0.2) is 4.98 Å². The molecule has 168 valence electrons. The van der Waals surface area contributed by atoms with E-state index in [1.165, 1.54) is 0 Å². The third-order valence-corrected chi connectivity index (χ3v) is 10.6. The largest absolute Gasteiger partial charge is 0.348 e. The number of aromatic amines is 1. The van der Waals surface area contributed by atoms with Gasteiger partial charge in [-0.1, -0.05) is 30.3 Å². The lowest BCUT2D eigenvalue weighted by Crippen LogP contribution is -2.27. The predicted octanol–water partition coefficient (Wildman–Crippen LogP) is 5.59. The van der Waals surface area contributed by atoms with Gasteiger partial charge in [-0.15, -0.1) is 0 Å². The molecule has 1 unspecified atom stereocenters. The molecule has 10 heteroatoms. The summed E-state index contributed by atoms with van der Waals surface area (Å²) < 4.78 is 50.6. The zero-order valence-corrected chi connectivity index (χ0v) is 19.8. The fourth-order valence-electron chi connectivity index (χ4n) is 3.41. The summed E-state index contributed by atoms with van der Waals surface area (Å²) in [6, 6.07) is 9.65. The maximum absolute atomic E-state index is 14.0. The summed E-state index contributed by atoms with van der Waals surface area (Å²) in [5, 5.41) is -1.18. The Labute approximate surface area is 178 Å². The van der Waals surface area contributed by atoms with E-state index in [1.807, 2.05) is 30.3 Å². The second kappa shape index (κ2) is 11.9. The summed E-state index contributed by atoms with van der Waals surface area (Å²) in [6.45, 7) is 7.37. The van der Waals surface area contributed by atoms with Crippen molar-refractivity contribution in [3.8, 4) is 0 Å². The average Bonchev–Trinajstić information content (AvgIpc) is 3.23. The number of nitrogens with zero attached hydrogens (tertiary/aromatic N) is 1. The van der Waals surface area contributed by atoms with Gasteiger partial charge in [0.05, 0.1) is 26.4 Å². The van der Waals surface area contributed by atoms with Crippen LogP contribution in [0, 0.1) is 0 Å². The van der Waals surface area contributed by atoms with Crippen molar-refractivity contribution in [3.63, 3.8) is 0 Å². The van der Waals surface area contributed by atoms with Gasteiger partial charge in [0.2, 0.25) is 0 Å². The summed E-state index contributed by atoms with van der Waals surface area (Å²) in [5.74, 6) is -0.0987. The third-order valence-electron chi connectivity index (χ3n) is 4.41. The van der Waals surface area contributed by atoms with Crippen LogP contribution in [0.25, 0.3) is 0 Å². The van der Waals surface area contributed by atoms with E-state index in [0.29, 0.717) is 12.2 Å². The van der Waals surface area contributed by atoms with Gasteiger partial charge in [-0.05, 0) is 39.7 Å². The molecule has 8 nitrogen and oxygen atoms in total. The van der Waals surface area contributed by atoms with Gasteiger partial charge < -0.3 is 23.1 Å². The molecule has 0 bridgehead atoms. The van der Waals surface area contributed by atoms with Gasteiger partial charge in [-0.3, -0.25) is 9.13 Å². The number of rotatable bonds is 14. The van der Waals surface area contributed by atoms with E-state index in [2.05, 4.69) is 9.97 Å². The van der Waals surface area contributed by atoms with E-state index in [1.54, 1.807) is 40.1 Å². The van der Waals surface area contributed by atoms with Crippen molar-refractivity contribution in [2.24, 2.45) is 0 Å². The lowest BCUT2D eigenvalue weighted by atomic mass is 10.0. The molecule has 0 saturated heterocycles. The fraction of sp³-hybridized carbons (Fsp3) is 0.550. The maximum atomic E-state index is 14.0. The summed E-state index contributed by atoms with van der Waals surface area (Å²) in [5.41, 5.74) is 0.961. The Kier molecular flexibility index (Phi) is 9.95.